The van der Waals surface area contributed by atoms with E-state index in [2.05, 4.69) is 33.3 Å². The van der Waals surface area contributed by atoms with Crippen LogP contribution in [0.5, 0.6) is 0 Å². The molecule has 146 valence electrons. The summed E-state index contributed by atoms with van der Waals surface area (Å²) in [6.45, 7) is 2.12. The van der Waals surface area contributed by atoms with E-state index in [0.717, 1.165) is 59.0 Å². The summed E-state index contributed by atoms with van der Waals surface area (Å²) in [7, 11) is 2.17. The summed E-state index contributed by atoms with van der Waals surface area (Å²) in [6.07, 6.45) is 7.97. The molecule has 0 radical (unpaired) electrons. The highest BCUT2D eigenvalue weighted by Crippen LogP contribution is 2.31. The molecule has 6 heteroatoms. The lowest BCUT2D eigenvalue weighted by Gasteiger charge is -2.29. The number of hydrogen-bond acceptors (Lipinski definition) is 5. The predicted octanol–water partition coefficient (Wildman–Crippen LogP) is 4.57. The van der Waals surface area contributed by atoms with Gasteiger partial charge in [-0.15, -0.1) is 0 Å². The van der Waals surface area contributed by atoms with E-state index < -0.39 is 0 Å². The Kier molecular flexibility index (Phi) is 4.69. The van der Waals surface area contributed by atoms with E-state index in [9.17, 15) is 0 Å². The van der Waals surface area contributed by atoms with Crippen molar-refractivity contribution in [3.8, 4) is 11.3 Å². The Balaban J connectivity index is 1.60. The molecule has 5 rings (SSSR count). The number of anilines is 2. The molecule has 0 bridgehead atoms. The highest BCUT2D eigenvalue weighted by molar-refractivity contribution is 5.93. The van der Waals surface area contributed by atoms with Crippen LogP contribution in [0.1, 0.15) is 24.6 Å². The van der Waals surface area contributed by atoms with Crippen LogP contribution < -0.4 is 5.32 Å². The van der Waals surface area contributed by atoms with Crippen LogP contribution in [0.3, 0.4) is 0 Å². The van der Waals surface area contributed by atoms with Crippen molar-refractivity contribution in [3.63, 3.8) is 0 Å². The lowest BCUT2D eigenvalue weighted by atomic mass is 9.97. The SMILES string of the molecule is CN1CCCC(c2nc(Nc3ccccc3)cc(-c3cncc4[nH]ccc34)n2)C1. The van der Waals surface area contributed by atoms with Crippen molar-refractivity contribution in [2.45, 2.75) is 18.8 Å². The lowest BCUT2D eigenvalue weighted by Crippen LogP contribution is -2.31. The van der Waals surface area contributed by atoms with Gasteiger partial charge in [-0.3, -0.25) is 4.98 Å². The summed E-state index contributed by atoms with van der Waals surface area (Å²) in [6, 6.07) is 14.2. The van der Waals surface area contributed by atoms with Gasteiger partial charge in [0, 0.05) is 47.6 Å². The second kappa shape index (κ2) is 7.64. The van der Waals surface area contributed by atoms with E-state index in [-0.39, 0.29) is 0 Å². The standard InChI is InChI=1S/C23H24N6/c1-29-11-5-6-16(15-29)23-27-20(19-13-24-14-21-18(19)9-10-25-21)12-22(28-23)26-17-7-3-2-4-8-17/h2-4,7-10,12-14,16,25H,5-6,11,15H2,1H3,(H,26,27,28). The minimum absolute atomic E-state index is 0.336. The van der Waals surface area contributed by atoms with Gasteiger partial charge in [0.25, 0.3) is 0 Å². The van der Waals surface area contributed by atoms with E-state index in [1.54, 1.807) is 0 Å². The van der Waals surface area contributed by atoms with Gasteiger partial charge < -0.3 is 15.2 Å². The number of likely N-dealkylation sites (tertiary alicyclic amines) is 1. The molecule has 0 spiro atoms. The molecule has 4 heterocycles. The number of H-pyrrole nitrogens is 1. The van der Waals surface area contributed by atoms with Crippen molar-refractivity contribution >= 4 is 22.4 Å². The number of fused-ring (bicyclic) bond motifs is 1. The first-order valence-corrected chi connectivity index (χ1v) is 10.1. The number of rotatable bonds is 4. The third-order valence-electron chi connectivity index (χ3n) is 5.53. The van der Waals surface area contributed by atoms with Crippen LogP contribution in [0.25, 0.3) is 22.2 Å². The minimum atomic E-state index is 0.336. The molecule has 1 fully saturated rings. The zero-order valence-electron chi connectivity index (χ0n) is 16.5. The Morgan fingerprint density at radius 3 is 2.86 bits per heavy atom. The maximum Gasteiger partial charge on any atom is 0.135 e. The maximum absolute atomic E-state index is 5.00. The van der Waals surface area contributed by atoms with Gasteiger partial charge in [-0.2, -0.15) is 0 Å². The molecule has 3 aromatic heterocycles. The zero-order chi connectivity index (χ0) is 19.6. The van der Waals surface area contributed by atoms with Crippen molar-refractivity contribution in [2.24, 2.45) is 0 Å². The summed E-state index contributed by atoms with van der Waals surface area (Å²) < 4.78 is 0. The van der Waals surface area contributed by atoms with E-state index in [0.29, 0.717) is 5.92 Å². The van der Waals surface area contributed by atoms with Gasteiger partial charge in [-0.05, 0) is 44.6 Å². The van der Waals surface area contributed by atoms with Gasteiger partial charge in [0.15, 0.2) is 0 Å². The van der Waals surface area contributed by atoms with Crippen molar-refractivity contribution in [1.29, 1.82) is 0 Å². The van der Waals surface area contributed by atoms with Crippen LogP contribution in [0.15, 0.2) is 61.1 Å². The molecular weight excluding hydrogens is 360 g/mol. The number of piperidine rings is 1. The highest BCUT2D eigenvalue weighted by Gasteiger charge is 2.23. The third-order valence-corrected chi connectivity index (χ3v) is 5.53. The Morgan fingerprint density at radius 1 is 1.10 bits per heavy atom. The molecule has 1 aliphatic heterocycles. The van der Waals surface area contributed by atoms with Crippen LogP contribution in [-0.2, 0) is 0 Å². The Bertz CT molecular complexity index is 1120. The fraction of sp³-hybridized carbons (Fsp3) is 0.261. The monoisotopic (exact) mass is 384 g/mol. The molecule has 1 aromatic carbocycles. The predicted molar refractivity (Wildman–Crippen MR) is 116 cm³/mol. The van der Waals surface area contributed by atoms with Crippen LogP contribution in [0.4, 0.5) is 11.5 Å². The van der Waals surface area contributed by atoms with Gasteiger partial charge in [0.05, 0.1) is 17.4 Å². The molecule has 0 aliphatic carbocycles. The summed E-state index contributed by atoms with van der Waals surface area (Å²) in [5.41, 5.74) is 3.95. The number of likely N-dealkylation sites (N-methyl/N-ethyl adjacent to an activating group) is 1. The van der Waals surface area contributed by atoms with Crippen molar-refractivity contribution in [2.75, 3.05) is 25.5 Å². The zero-order valence-corrected chi connectivity index (χ0v) is 16.5. The highest BCUT2D eigenvalue weighted by atomic mass is 15.1. The number of para-hydroxylation sites is 1. The Morgan fingerprint density at radius 2 is 2.00 bits per heavy atom. The molecule has 4 aromatic rings. The van der Waals surface area contributed by atoms with Crippen molar-refractivity contribution in [1.82, 2.24) is 24.8 Å². The third kappa shape index (κ3) is 3.71. The van der Waals surface area contributed by atoms with E-state index >= 15 is 0 Å². The number of benzene rings is 1. The average molecular weight is 384 g/mol. The van der Waals surface area contributed by atoms with Gasteiger partial charge in [-0.25, -0.2) is 9.97 Å². The quantitative estimate of drug-likeness (QED) is 0.539. The number of aromatic nitrogens is 4. The lowest BCUT2D eigenvalue weighted by molar-refractivity contribution is 0.246. The summed E-state index contributed by atoms with van der Waals surface area (Å²) in [4.78, 5) is 19.9. The summed E-state index contributed by atoms with van der Waals surface area (Å²) in [5.74, 6) is 2.06. The first-order chi connectivity index (χ1) is 14.3. The molecule has 1 atom stereocenters. The van der Waals surface area contributed by atoms with Crippen molar-refractivity contribution < 1.29 is 0 Å². The van der Waals surface area contributed by atoms with Gasteiger partial charge >= 0.3 is 0 Å². The summed E-state index contributed by atoms with van der Waals surface area (Å²) >= 11 is 0. The molecule has 2 N–H and O–H groups in total. The molecule has 0 amide bonds. The van der Waals surface area contributed by atoms with Gasteiger partial charge in [-0.1, -0.05) is 18.2 Å². The minimum Gasteiger partial charge on any atom is -0.360 e. The van der Waals surface area contributed by atoms with E-state index in [4.69, 9.17) is 9.97 Å². The second-order valence-electron chi connectivity index (χ2n) is 7.72. The average Bonchev–Trinajstić information content (AvgIpc) is 3.23. The van der Waals surface area contributed by atoms with E-state index in [1.807, 2.05) is 55.0 Å². The molecular formula is C23H24N6. The van der Waals surface area contributed by atoms with Crippen LogP contribution >= 0.6 is 0 Å². The fourth-order valence-electron chi connectivity index (χ4n) is 4.08. The molecule has 1 unspecified atom stereocenters. The Hall–Kier alpha value is -3.25. The normalized spacial score (nSPS) is 17.5. The van der Waals surface area contributed by atoms with Crippen LogP contribution in [-0.4, -0.2) is 45.0 Å². The van der Waals surface area contributed by atoms with Crippen molar-refractivity contribution in [3.05, 3.63) is 66.9 Å². The molecule has 6 nitrogen and oxygen atoms in total. The van der Waals surface area contributed by atoms with Crippen LogP contribution in [0, 0.1) is 0 Å². The van der Waals surface area contributed by atoms with Crippen LogP contribution in [0.2, 0.25) is 0 Å². The number of aromatic amines is 1. The maximum atomic E-state index is 5.00. The number of nitrogens with zero attached hydrogens (tertiary/aromatic N) is 4. The fourth-order valence-corrected chi connectivity index (χ4v) is 4.08. The second-order valence-corrected chi connectivity index (χ2v) is 7.72. The largest absolute Gasteiger partial charge is 0.360 e. The number of hydrogen-bond donors (Lipinski definition) is 2. The van der Waals surface area contributed by atoms with E-state index in [1.165, 1.54) is 6.42 Å². The first-order valence-electron chi connectivity index (χ1n) is 10.1. The smallest absolute Gasteiger partial charge is 0.135 e. The molecule has 1 saturated heterocycles. The molecule has 1 aliphatic rings. The molecule has 29 heavy (non-hydrogen) atoms. The first kappa shape index (κ1) is 17.8. The van der Waals surface area contributed by atoms with Gasteiger partial charge in [0.2, 0.25) is 0 Å². The number of pyridine rings is 1. The Labute approximate surface area is 170 Å². The van der Waals surface area contributed by atoms with Gasteiger partial charge in [0.1, 0.15) is 11.6 Å². The topological polar surface area (TPSA) is 69.7 Å². The molecule has 0 saturated carbocycles. The summed E-state index contributed by atoms with van der Waals surface area (Å²) in [5, 5.41) is 4.58. The number of nitrogens with one attached hydrogen (secondary N) is 2.